The molecule has 104 valence electrons. The highest BCUT2D eigenvalue weighted by Crippen LogP contribution is 2.28. The number of hydrogen-bond donors (Lipinski definition) is 1. The highest BCUT2D eigenvalue weighted by atomic mass is 35.5. The Morgan fingerprint density at radius 1 is 1.37 bits per heavy atom. The number of para-hydroxylation sites is 1. The normalized spacial score (nSPS) is 10.1. The van der Waals surface area contributed by atoms with Gasteiger partial charge in [-0.15, -0.1) is 0 Å². The van der Waals surface area contributed by atoms with E-state index in [2.05, 4.69) is 0 Å². The fraction of sp³-hybridized carbons (Fsp3) is 0.385. The van der Waals surface area contributed by atoms with Crippen molar-refractivity contribution in [3.63, 3.8) is 0 Å². The Morgan fingerprint density at radius 2 is 2.05 bits per heavy atom. The van der Waals surface area contributed by atoms with Crippen LogP contribution in [0.4, 0.5) is 0 Å². The summed E-state index contributed by atoms with van der Waals surface area (Å²) in [5.74, 6) is -0.947. The monoisotopic (exact) mass is 285 g/mol. The largest absolute Gasteiger partial charge is 0.491 e. The van der Waals surface area contributed by atoms with Gasteiger partial charge in [-0.2, -0.15) is 0 Å². The molecule has 0 saturated heterocycles. The third-order valence-corrected chi connectivity index (χ3v) is 2.78. The highest BCUT2D eigenvalue weighted by Gasteiger charge is 2.14. The molecule has 0 aromatic heterocycles. The molecule has 0 spiro atoms. The van der Waals surface area contributed by atoms with Gasteiger partial charge in [0.15, 0.2) is 5.75 Å². The second-order valence-electron chi connectivity index (χ2n) is 4.16. The second kappa shape index (κ2) is 6.99. The Hall–Kier alpha value is -1.75. The molecule has 0 heterocycles. The molecule has 0 bridgehead atoms. The molecule has 0 aliphatic carbocycles. The van der Waals surface area contributed by atoms with E-state index in [4.69, 9.17) is 21.4 Å². The van der Waals surface area contributed by atoms with Gasteiger partial charge in [0.2, 0.25) is 5.91 Å². The highest BCUT2D eigenvalue weighted by molar-refractivity contribution is 6.32. The van der Waals surface area contributed by atoms with Crippen molar-refractivity contribution in [1.82, 2.24) is 4.90 Å². The molecule has 1 aromatic carbocycles. The van der Waals surface area contributed by atoms with Gasteiger partial charge in [0.25, 0.3) is 0 Å². The number of carbonyl (C=O) groups is 2. The first kappa shape index (κ1) is 15.3. The van der Waals surface area contributed by atoms with Gasteiger partial charge in [-0.3, -0.25) is 4.79 Å². The molecule has 6 heteroatoms. The zero-order chi connectivity index (χ0) is 14.4. The SMILES string of the molecule is CN(C)C(=O)CCCOc1c(Cl)cccc1C(=O)O. The Morgan fingerprint density at radius 3 is 2.63 bits per heavy atom. The fourth-order valence-electron chi connectivity index (χ4n) is 1.45. The number of halogens is 1. The van der Waals surface area contributed by atoms with E-state index in [1.54, 1.807) is 26.2 Å². The summed E-state index contributed by atoms with van der Waals surface area (Å²) in [6.07, 6.45) is 0.848. The van der Waals surface area contributed by atoms with Crippen LogP contribution in [0.3, 0.4) is 0 Å². The van der Waals surface area contributed by atoms with E-state index < -0.39 is 5.97 Å². The fourth-order valence-corrected chi connectivity index (χ4v) is 1.67. The van der Waals surface area contributed by atoms with E-state index in [-0.39, 0.29) is 28.8 Å². The maximum absolute atomic E-state index is 11.3. The lowest BCUT2D eigenvalue weighted by Crippen LogP contribution is -2.21. The topological polar surface area (TPSA) is 66.8 Å². The maximum Gasteiger partial charge on any atom is 0.339 e. The third-order valence-electron chi connectivity index (χ3n) is 2.48. The van der Waals surface area contributed by atoms with Crippen molar-refractivity contribution in [2.75, 3.05) is 20.7 Å². The average Bonchev–Trinajstić information content (AvgIpc) is 2.35. The number of amides is 1. The van der Waals surface area contributed by atoms with Gasteiger partial charge < -0.3 is 14.7 Å². The van der Waals surface area contributed by atoms with Gasteiger partial charge in [0, 0.05) is 20.5 Å². The number of nitrogens with zero attached hydrogens (tertiary/aromatic N) is 1. The van der Waals surface area contributed by atoms with Gasteiger partial charge in [0.05, 0.1) is 11.6 Å². The number of carboxylic acids is 1. The van der Waals surface area contributed by atoms with Crippen LogP contribution in [0.2, 0.25) is 5.02 Å². The van der Waals surface area contributed by atoms with Crippen molar-refractivity contribution in [2.24, 2.45) is 0 Å². The molecule has 0 unspecified atom stereocenters. The molecule has 0 aliphatic rings. The van der Waals surface area contributed by atoms with Crippen LogP contribution in [0, 0.1) is 0 Å². The molecule has 19 heavy (non-hydrogen) atoms. The van der Waals surface area contributed by atoms with Crippen LogP contribution in [-0.4, -0.2) is 42.6 Å². The second-order valence-corrected chi connectivity index (χ2v) is 4.57. The van der Waals surface area contributed by atoms with E-state index in [0.717, 1.165) is 0 Å². The number of hydrogen-bond acceptors (Lipinski definition) is 3. The number of aromatic carboxylic acids is 1. The van der Waals surface area contributed by atoms with E-state index in [9.17, 15) is 9.59 Å². The molecule has 1 amide bonds. The molecule has 0 aliphatic heterocycles. The Labute approximate surface area is 116 Å². The quantitative estimate of drug-likeness (QED) is 0.814. The smallest absolute Gasteiger partial charge is 0.339 e. The summed E-state index contributed by atoms with van der Waals surface area (Å²) in [4.78, 5) is 23.8. The minimum atomic E-state index is -1.10. The maximum atomic E-state index is 11.3. The lowest BCUT2D eigenvalue weighted by Gasteiger charge is -2.12. The predicted octanol–water partition coefficient (Wildman–Crippen LogP) is 2.29. The van der Waals surface area contributed by atoms with E-state index in [1.807, 2.05) is 0 Å². The Balaban J connectivity index is 2.58. The molecule has 0 radical (unpaired) electrons. The molecule has 0 atom stereocenters. The van der Waals surface area contributed by atoms with Crippen LogP contribution >= 0.6 is 11.6 Å². The molecule has 0 saturated carbocycles. The average molecular weight is 286 g/mol. The number of carboxylic acid groups (broad SMARTS) is 1. The van der Waals surface area contributed by atoms with Gasteiger partial charge in [-0.05, 0) is 18.6 Å². The molecular formula is C13H16ClNO4. The third kappa shape index (κ3) is 4.44. The van der Waals surface area contributed by atoms with Crippen molar-refractivity contribution in [3.05, 3.63) is 28.8 Å². The molecule has 1 N–H and O–H groups in total. The minimum Gasteiger partial charge on any atom is -0.491 e. The van der Waals surface area contributed by atoms with Crippen molar-refractivity contribution >= 4 is 23.5 Å². The zero-order valence-electron chi connectivity index (χ0n) is 10.9. The number of benzene rings is 1. The van der Waals surface area contributed by atoms with E-state index >= 15 is 0 Å². The molecule has 5 nitrogen and oxygen atoms in total. The summed E-state index contributed by atoms with van der Waals surface area (Å²) in [7, 11) is 3.36. The zero-order valence-corrected chi connectivity index (χ0v) is 11.6. The minimum absolute atomic E-state index is 0.00113. The Bertz CT molecular complexity index is 474. The Kier molecular flexibility index (Phi) is 5.63. The molecular weight excluding hydrogens is 270 g/mol. The van der Waals surface area contributed by atoms with Crippen molar-refractivity contribution in [2.45, 2.75) is 12.8 Å². The van der Waals surface area contributed by atoms with Crippen LogP contribution in [0.1, 0.15) is 23.2 Å². The molecule has 1 rings (SSSR count). The number of ether oxygens (including phenoxy) is 1. The number of carbonyl (C=O) groups excluding carboxylic acids is 1. The van der Waals surface area contributed by atoms with Crippen molar-refractivity contribution in [1.29, 1.82) is 0 Å². The van der Waals surface area contributed by atoms with Crippen molar-refractivity contribution < 1.29 is 19.4 Å². The van der Waals surface area contributed by atoms with Crippen molar-refractivity contribution in [3.8, 4) is 5.75 Å². The van der Waals surface area contributed by atoms with Gasteiger partial charge in [-0.25, -0.2) is 4.79 Å². The first-order chi connectivity index (χ1) is 8.93. The standard InChI is InChI=1S/C13H16ClNO4/c1-15(2)11(16)7-4-8-19-12-9(13(17)18)5-3-6-10(12)14/h3,5-6H,4,7-8H2,1-2H3,(H,17,18). The van der Waals surface area contributed by atoms with E-state index in [1.165, 1.54) is 11.0 Å². The summed E-state index contributed by atoms with van der Waals surface area (Å²) >= 11 is 5.90. The molecule has 0 fully saturated rings. The first-order valence-corrected chi connectivity index (χ1v) is 6.16. The summed E-state index contributed by atoms with van der Waals surface area (Å²) in [6, 6.07) is 4.54. The summed E-state index contributed by atoms with van der Waals surface area (Å²) < 4.78 is 5.38. The number of rotatable bonds is 6. The van der Waals surface area contributed by atoms with Crippen LogP contribution in [0.15, 0.2) is 18.2 Å². The summed E-state index contributed by atoms with van der Waals surface area (Å²) in [5.41, 5.74) is 0.0198. The predicted molar refractivity (Wildman–Crippen MR) is 71.8 cm³/mol. The lowest BCUT2D eigenvalue weighted by molar-refractivity contribution is -0.128. The van der Waals surface area contributed by atoms with Crippen LogP contribution < -0.4 is 4.74 Å². The van der Waals surface area contributed by atoms with Crippen LogP contribution in [0.25, 0.3) is 0 Å². The van der Waals surface area contributed by atoms with Gasteiger partial charge >= 0.3 is 5.97 Å². The van der Waals surface area contributed by atoms with E-state index in [0.29, 0.717) is 12.8 Å². The van der Waals surface area contributed by atoms with Gasteiger partial charge in [-0.1, -0.05) is 17.7 Å². The summed E-state index contributed by atoms with van der Waals surface area (Å²) in [6.45, 7) is 0.240. The van der Waals surface area contributed by atoms with Crippen LogP contribution in [-0.2, 0) is 4.79 Å². The summed E-state index contributed by atoms with van der Waals surface area (Å²) in [5, 5.41) is 9.26. The lowest BCUT2D eigenvalue weighted by atomic mass is 10.2. The van der Waals surface area contributed by atoms with Crippen LogP contribution in [0.5, 0.6) is 5.75 Å². The molecule has 1 aromatic rings. The van der Waals surface area contributed by atoms with Gasteiger partial charge in [0.1, 0.15) is 5.56 Å². The first-order valence-electron chi connectivity index (χ1n) is 5.78.